The van der Waals surface area contributed by atoms with Crippen molar-refractivity contribution in [2.24, 2.45) is 0 Å². The molecule has 2 amide bonds. The number of urea groups is 1. The highest BCUT2D eigenvalue weighted by atomic mass is 16.5. The van der Waals surface area contributed by atoms with E-state index in [1.165, 1.54) is 0 Å². The monoisotopic (exact) mass is 284 g/mol. The molecule has 1 atom stereocenters. The predicted octanol–water partition coefficient (Wildman–Crippen LogP) is 2.87. The van der Waals surface area contributed by atoms with Crippen LogP contribution in [0.2, 0.25) is 0 Å². The van der Waals surface area contributed by atoms with E-state index in [9.17, 15) is 4.79 Å². The van der Waals surface area contributed by atoms with Crippen molar-refractivity contribution in [1.82, 2.24) is 10.6 Å². The quantitative estimate of drug-likeness (QED) is 0.857. The van der Waals surface area contributed by atoms with Gasteiger partial charge in [0.2, 0.25) is 0 Å². The van der Waals surface area contributed by atoms with E-state index in [4.69, 9.17) is 4.74 Å². The van der Waals surface area contributed by atoms with Gasteiger partial charge >= 0.3 is 6.03 Å². The second kappa shape index (κ2) is 8.07. The molecule has 0 aliphatic rings. The van der Waals surface area contributed by atoms with Gasteiger partial charge in [-0.2, -0.15) is 0 Å². The first-order valence-corrected chi connectivity index (χ1v) is 6.93. The van der Waals surface area contributed by atoms with E-state index in [2.05, 4.69) is 10.6 Å². The summed E-state index contributed by atoms with van der Waals surface area (Å²) in [5.41, 5.74) is 2.11. The molecule has 0 fully saturated rings. The second-order valence-electron chi connectivity index (χ2n) is 4.68. The van der Waals surface area contributed by atoms with Crippen molar-refractivity contribution in [2.45, 2.75) is 12.6 Å². The maximum absolute atomic E-state index is 11.8. The Hall–Kier alpha value is -2.33. The van der Waals surface area contributed by atoms with Crippen molar-refractivity contribution in [3.8, 4) is 0 Å². The number of carbonyl (C=O) groups excluding carboxylic acids is 1. The van der Waals surface area contributed by atoms with Gasteiger partial charge in [0.1, 0.15) is 0 Å². The van der Waals surface area contributed by atoms with Crippen molar-refractivity contribution in [2.75, 3.05) is 13.7 Å². The summed E-state index contributed by atoms with van der Waals surface area (Å²) in [7, 11) is 1.64. The standard InChI is InChI=1S/C17H20N2O2/c1-21-16(15-10-6-3-7-11-15)13-19-17(20)18-12-14-8-4-2-5-9-14/h2-11,16H,12-13H2,1H3,(H2,18,19,20). The molecule has 0 saturated heterocycles. The van der Waals surface area contributed by atoms with Gasteiger partial charge in [-0.15, -0.1) is 0 Å². The molecule has 4 nitrogen and oxygen atoms in total. The van der Waals surface area contributed by atoms with Gasteiger partial charge in [0.05, 0.1) is 6.10 Å². The fraction of sp³-hybridized carbons (Fsp3) is 0.235. The Labute approximate surface area is 125 Å². The summed E-state index contributed by atoms with van der Waals surface area (Å²) < 4.78 is 5.41. The van der Waals surface area contributed by atoms with E-state index in [0.717, 1.165) is 11.1 Å². The van der Waals surface area contributed by atoms with Crippen LogP contribution in [0.5, 0.6) is 0 Å². The largest absolute Gasteiger partial charge is 0.375 e. The molecule has 0 aliphatic heterocycles. The number of hydrogen-bond donors (Lipinski definition) is 2. The van der Waals surface area contributed by atoms with Crippen LogP contribution in [0.4, 0.5) is 4.79 Å². The van der Waals surface area contributed by atoms with Crippen molar-refractivity contribution < 1.29 is 9.53 Å². The molecule has 2 aromatic carbocycles. The zero-order valence-electron chi connectivity index (χ0n) is 12.1. The van der Waals surface area contributed by atoms with Gasteiger partial charge in [-0.1, -0.05) is 60.7 Å². The average Bonchev–Trinajstić information content (AvgIpc) is 2.55. The van der Waals surface area contributed by atoms with Gasteiger partial charge in [0.25, 0.3) is 0 Å². The highest BCUT2D eigenvalue weighted by molar-refractivity contribution is 5.73. The third kappa shape index (κ3) is 4.93. The summed E-state index contributed by atoms with van der Waals surface area (Å²) in [4.78, 5) is 11.8. The summed E-state index contributed by atoms with van der Waals surface area (Å²) in [5, 5.41) is 5.65. The minimum atomic E-state index is -0.197. The number of benzene rings is 2. The smallest absolute Gasteiger partial charge is 0.315 e. The Bertz CT molecular complexity index is 543. The molecule has 21 heavy (non-hydrogen) atoms. The molecule has 0 aromatic heterocycles. The van der Waals surface area contributed by atoms with Crippen molar-refractivity contribution in [3.05, 3.63) is 71.8 Å². The molecule has 0 spiro atoms. The summed E-state index contributed by atoms with van der Waals surface area (Å²) in [6.45, 7) is 0.941. The lowest BCUT2D eigenvalue weighted by Crippen LogP contribution is -2.37. The van der Waals surface area contributed by atoms with Crippen LogP contribution >= 0.6 is 0 Å². The molecule has 0 bridgehead atoms. The molecule has 2 N–H and O–H groups in total. The Morgan fingerprint density at radius 2 is 1.62 bits per heavy atom. The average molecular weight is 284 g/mol. The van der Waals surface area contributed by atoms with E-state index in [1.807, 2.05) is 60.7 Å². The molecule has 2 aromatic rings. The van der Waals surface area contributed by atoms with E-state index in [0.29, 0.717) is 13.1 Å². The van der Waals surface area contributed by atoms with Crippen LogP contribution in [0, 0.1) is 0 Å². The lowest BCUT2D eigenvalue weighted by Gasteiger charge is -2.16. The summed E-state index contributed by atoms with van der Waals surface area (Å²) >= 11 is 0. The van der Waals surface area contributed by atoms with E-state index in [-0.39, 0.29) is 12.1 Å². The number of hydrogen-bond acceptors (Lipinski definition) is 2. The van der Waals surface area contributed by atoms with Gasteiger partial charge in [0, 0.05) is 20.2 Å². The van der Waals surface area contributed by atoms with Gasteiger partial charge in [-0.3, -0.25) is 0 Å². The summed E-state index contributed by atoms with van der Waals surface area (Å²) in [5.74, 6) is 0. The van der Waals surface area contributed by atoms with Gasteiger partial charge in [-0.05, 0) is 11.1 Å². The fourth-order valence-corrected chi connectivity index (χ4v) is 2.03. The number of carbonyl (C=O) groups is 1. The minimum absolute atomic E-state index is 0.145. The molecule has 110 valence electrons. The van der Waals surface area contributed by atoms with Crippen molar-refractivity contribution in [1.29, 1.82) is 0 Å². The Morgan fingerprint density at radius 3 is 2.24 bits per heavy atom. The Morgan fingerprint density at radius 1 is 1.00 bits per heavy atom. The molecule has 0 aliphatic carbocycles. The van der Waals surface area contributed by atoms with Crippen molar-refractivity contribution in [3.63, 3.8) is 0 Å². The van der Waals surface area contributed by atoms with Gasteiger partial charge in [-0.25, -0.2) is 4.79 Å². The van der Waals surface area contributed by atoms with Crippen LogP contribution in [0.1, 0.15) is 17.2 Å². The molecular formula is C17H20N2O2. The summed E-state index contributed by atoms with van der Waals surface area (Å²) in [6.07, 6.45) is -0.145. The molecule has 2 rings (SSSR count). The van der Waals surface area contributed by atoms with Gasteiger partial charge < -0.3 is 15.4 Å². The lowest BCUT2D eigenvalue weighted by atomic mass is 10.1. The van der Waals surface area contributed by atoms with E-state index < -0.39 is 0 Å². The minimum Gasteiger partial charge on any atom is -0.375 e. The highest BCUT2D eigenvalue weighted by Gasteiger charge is 2.11. The van der Waals surface area contributed by atoms with E-state index >= 15 is 0 Å². The SMILES string of the molecule is COC(CNC(=O)NCc1ccccc1)c1ccccc1. The van der Waals surface area contributed by atoms with E-state index in [1.54, 1.807) is 7.11 Å². The zero-order chi connectivity index (χ0) is 14.9. The predicted molar refractivity (Wildman–Crippen MR) is 82.9 cm³/mol. The van der Waals surface area contributed by atoms with Crippen LogP contribution < -0.4 is 10.6 Å². The van der Waals surface area contributed by atoms with Crippen molar-refractivity contribution >= 4 is 6.03 Å². The maximum Gasteiger partial charge on any atom is 0.315 e. The molecule has 0 saturated carbocycles. The molecule has 0 heterocycles. The normalized spacial score (nSPS) is 11.7. The molecule has 1 unspecified atom stereocenters. The zero-order valence-corrected chi connectivity index (χ0v) is 12.1. The molecule has 0 radical (unpaired) electrons. The van der Waals surface area contributed by atoms with Crippen LogP contribution in [-0.2, 0) is 11.3 Å². The van der Waals surface area contributed by atoms with Crippen LogP contribution in [0.3, 0.4) is 0 Å². The lowest BCUT2D eigenvalue weighted by molar-refractivity contribution is 0.104. The Balaban J connectivity index is 1.77. The first-order chi connectivity index (χ1) is 10.3. The third-order valence-electron chi connectivity index (χ3n) is 3.20. The van der Waals surface area contributed by atoms with Crippen LogP contribution in [0.25, 0.3) is 0 Å². The van der Waals surface area contributed by atoms with Crippen LogP contribution in [-0.4, -0.2) is 19.7 Å². The number of rotatable bonds is 6. The molecular weight excluding hydrogens is 264 g/mol. The number of nitrogens with one attached hydrogen (secondary N) is 2. The number of amides is 2. The highest BCUT2D eigenvalue weighted by Crippen LogP contribution is 2.14. The Kier molecular flexibility index (Phi) is 5.79. The second-order valence-corrected chi connectivity index (χ2v) is 4.68. The first kappa shape index (κ1) is 15.1. The van der Waals surface area contributed by atoms with Crippen LogP contribution in [0.15, 0.2) is 60.7 Å². The number of ether oxygens (including phenoxy) is 1. The summed E-state index contributed by atoms with van der Waals surface area (Å²) in [6, 6.07) is 19.4. The maximum atomic E-state index is 11.8. The molecule has 4 heteroatoms. The topological polar surface area (TPSA) is 50.4 Å². The third-order valence-corrected chi connectivity index (χ3v) is 3.20. The fourth-order valence-electron chi connectivity index (χ4n) is 2.03. The number of methoxy groups -OCH3 is 1. The first-order valence-electron chi connectivity index (χ1n) is 6.93. The van der Waals surface area contributed by atoms with Gasteiger partial charge in [0.15, 0.2) is 0 Å².